The number of aliphatic hydroxyl groups is 1. The second-order valence-electron chi connectivity index (χ2n) is 8.08. The number of rotatable bonds is 21. The Morgan fingerprint density at radius 1 is 0.867 bits per heavy atom. The van der Waals surface area contributed by atoms with Crippen LogP contribution in [-0.4, -0.2) is 47.4 Å². The number of carboxylic acid groups (broad SMARTS) is 1. The van der Waals surface area contributed by atoms with Crippen LogP contribution in [0.15, 0.2) is 4.99 Å². The number of nitrogens with two attached hydrogens (primary N) is 2. The van der Waals surface area contributed by atoms with E-state index in [-0.39, 0.29) is 18.4 Å². The lowest BCUT2D eigenvalue weighted by atomic mass is 10.0. The molecule has 0 aromatic carbocycles. The third kappa shape index (κ3) is 21.7. The molecule has 0 saturated heterocycles. The van der Waals surface area contributed by atoms with Crippen LogP contribution in [0.5, 0.6) is 0 Å². The summed E-state index contributed by atoms with van der Waals surface area (Å²) < 4.78 is 0. The van der Waals surface area contributed by atoms with Crippen LogP contribution in [0.1, 0.15) is 103 Å². The fraction of sp³-hybridized carbons (Fsp3) is 0.909. The van der Waals surface area contributed by atoms with Crippen LogP contribution in [0, 0.1) is 0 Å². The Labute approximate surface area is 189 Å². The molecule has 0 fully saturated rings. The van der Waals surface area contributed by atoms with E-state index in [1.165, 1.54) is 64.2 Å². The van der Waals surface area contributed by atoms with Gasteiger partial charge >= 0.3 is 5.97 Å². The molecule has 0 saturated carbocycles. The number of halogens is 1. The summed E-state index contributed by atoms with van der Waals surface area (Å²) in [4.78, 5) is 15.1. The van der Waals surface area contributed by atoms with Crippen molar-refractivity contribution < 1.29 is 15.0 Å². The summed E-state index contributed by atoms with van der Waals surface area (Å²) in [6.07, 6.45) is 16.7. The van der Waals surface area contributed by atoms with Gasteiger partial charge in [0.15, 0.2) is 5.96 Å². The number of aliphatic carboxylic acids is 1. The first-order chi connectivity index (χ1) is 14.0. The molecular formula is C22H47ClN4O3. The van der Waals surface area contributed by atoms with Crippen molar-refractivity contribution in [2.75, 3.05) is 13.1 Å². The quantitative estimate of drug-likeness (QED) is 0.102. The van der Waals surface area contributed by atoms with E-state index in [0.717, 1.165) is 12.8 Å². The Morgan fingerprint density at radius 2 is 1.37 bits per heavy atom. The molecule has 8 heteroatoms. The molecule has 0 bridgehead atoms. The van der Waals surface area contributed by atoms with Crippen molar-refractivity contribution >= 4 is 24.3 Å². The van der Waals surface area contributed by atoms with Crippen LogP contribution in [0.2, 0.25) is 0 Å². The molecule has 0 spiro atoms. The highest BCUT2D eigenvalue weighted by molar-refractivity contribution is 5.85. The third-order valence-electron chi connectivity index (χ3n) is 5.23. The van der Waals surface area contributed by atoms with Gasteiger partial charge in [0.1, 0.15) is 6.04 Å². The van der Waals surface area contributed by atoms with Crippen LogP contribution in [-0.2, 0) is 4.79 Å². The molecule has 1 unspecified atom stereocenters. The van der Waals surface area contributed by atoms with Crippen LogP contribution < -0.4 is 16.8 Å². The third-order valence-corrected chi connectivity index (χ3v) is 5.23. The van der Waals surface area contributed by atoms with Crippen LogP contribution in [0.4, 0.5) is 0 Å². The molecule has 0 aliphatic carbocycles. The van der Waals surface area contributed by atoms with Crippen LogP contribution in [0.25, 0.3) is 0 Å². The van der Waals surface area contributed by atoms with Gasteiger partial charge in [-0.1, -0.05) is 84.0 Å². The predicted octanol–water partition coefficient (Wildman–Crippen LogP) is 3.96. The minimum atomic E-state index is -0.910. The number of hydrogen-bond donors (Lipinski definition) is 5. The van der Waals surface area contributed by atoms with Crippen molar-refractivity contribution in [2.45, 2.75) is 115 Å². The van der Waals surface area contributed by atoms with Crippen molar-refractivity contribution in [3.8, 4) is 0 Å². The fourth-order valence-corrected chi connectivity index (χ4v) is 3.42. The van der Waals surface area contributed by atoms with Crippen LogP contribution >= 0.6 is 12.4 Å². The maximum absolute atomic E-state index is 11.3. The highest BCUT2D eigenvalue weighted by Crippen LogP contribution is 2.13. The summed E-state index contributed by atoms with van der Waals surface area (Å²) in [6, 6.07) is -0.680. The van der Waals surface area contributed by atoms with Crippen molar-refractivity contribution in [2.24, 2.45) is 16.5 Å². The summed E-state index contributed by atoms with van der Waals surface area (Å²) in [5, 5.41) is 22.3. The van der Waals surface area contributed by atoms with E-state index in [1.807, 2.05) is 0 Å². The monoisotopic (exact) mass is 450 g/mol. The van der Waals surface area contributed by atoms with Crippen LogP contribution in [0.3, 0.4) is 0 Å². The van der Waals surface area contributed by atoms with Gasteiger partial charge in [-0.05, 0) is 19.3 Å². The first kappa shape index (κ1) is 31.1. The van der Waals surface area contributed by atoms with Crippen molar-refractivity contribution in [1.29, 1.82) is 0 Å². The summed E-state index contributed by atoms with van der Waals surface area (Å²) >= 11 is 0. The maximum atomic E-state index is 11.3. The van der Waals surface area contributed by atoms with E-state index < -0.39 is 18.1 Å². The lowest BCUT2D eigenvalue weighted by Gasteiger charge is -2.17. The molecule has 0 amide bonds. The molecular weight excluding hydrogens is 404 g/mol. The summed E-state index contributed by atoms with van der Waals surface area (Å²) in [5.74, 6) is -0.894. The molecule has 0 rings (SSSR count). The molecule has 2 atom stereocenters. The largest absolute Gasteiger partial charge is 0.480 e. The molecule has 0 radical (unpaired) electrons. The van der Waals surface area contributed by atoms with Gasteiger partial charge in [0.25, 0.3) is 0 Å². The van der Waals surface area contributed by atoms with Gasteiger partial charge in [-0.25, -0.2) is 0 Å². The molecule has 7 N–H and O–H groups in total. The van der Waals surface area contributed by atoms with E-state index >= 15 is 0 Å². The van der Waals surface area contributed by atoms with Crippen molar-refractivity contribution in [3.63, 3.8) is 0 Å². The molecule has 180 valence electrons. The number of hydrogen-bond acceptors (Lipinski definition) is 4. The predicted molar refractivity (Wildman–Crippen MR) is 128 cm³/mol. The van der Waals surface area contributed by atoms with Gasteiger partial charge in [0, 0.05) is 13.1 Å². The number of aliphatic hydroxyl groups excluding tert-OH is 1. The average Bonchev–Trinajstić information content (AvgIpc) is 2.67. The smallest absolute Gasteiger partial charge is 0.320 e. The van der Waals surface area contributed by atoms with E-state index in [1.54, 1.807) is 0 Å². The highest BCUT2D eigenvalue weighted by atomic mass is 35.5. The zero-order chi connectivity index (χ0) is 21.7. The SMILES string of the molecule is CCCCCCCCCCCCCCC(O)CN[C@@H](CCCN=C(N)N)C(=O)O.Cl. The van der Waals surface area contributed by atoms with Gasteiger partial charge < -0.3 is 27.0 Å². The number of carboxylic acids is 1. The van der Waals surface area contributed by atoms with E-state index in [4.69, 9.17) is 11.5 Å². The minimum absolute atomic E-state index is 0. The normalized spacial score (nSPS) is 12.7. The number of nitrogens with one attached hydrogen (secondary N) is 1. The number of unbranched alkanes of at least 4 members (excludes halogenated alkanes) is 11. The molecule has 30 heavy (non-hydrogen) atoms. The Hall–Kier alpha value is -1.05. The molecule has 7 nitrogen and oxygen atoms in total. The summed E-state index contributed by atoms with van der Waals surface area (Å²) in [5.41, 5.74) is 10.5. The van der Waals surface area contributed by atoms with Crippen molar-refractivity contribution in [1.82, 2.24) is 5.32 Å². The highest BCUT2D eigenvalue weighted by Gasteiger charge is 2.17. The van der Waals surface area contributed by atoms with Gasteiger partial charge in [-0.2, -0.15) is 0 Å². The van der Waals surface area contributed by atoms with E-state index in [9.17, 15) is 15.0 Å². The van der Waals surface area contributed by atoms with Gasteiger partial charge in [0.2, 0.25) is 0 Å². The Morgan fingerprint density at radius 3 is 1.83 bits per heavy atom. The van der Waals surface area contributed by atoms with Gasteiger partial charge in [0.05, 0.1) is 6.10 Å². The lowest BCUT2D eigenvalue weighted by Crippen LogP contribution is -2.41. The molecule has 0 aromatic rings. The second-order valence-corrected chi connectivity index (χ2v) is 8.08. The Balaban J connectivity index is 0. The Bertz CT molecular complexity index is 421. The fourth-order valence-electron chi connectivity index (χ4n) is 3.42. The molecule has 0 aliphatic heterocycles. The van der Waals surface area contributed by atoms with Crippen molar-refractivity contribution in [3.05, 3.63) is 0 Å². The van der Waals surface area contributed by atoms with Gasteiger partial charge in [-0.3, -0.25) is 9.79 Å². The Kier molecular flexibility index (Phi) is 23.5. The maximum Gasteiger partial charge on any atom is 0.320 e. The zero-order valence-corrected chi connectivity index (χ0v) is 19.8. The summed E-state index contributed by atoms with van der Waals surface area (Å²) in [7, 11) is 0. The van der Waals surface area contributed by atoms with Gasteiger partial charge in [-0.15, -0.1) is 12.4 Å². The number of nitrogens with zero attached hydrogens (tertiary/aromatic N) is 1. The zero-order valence-electron chi connectivity index (χ0n) is 19.0. The standard InChI is InChI=1S/C22H46N4O3.ClH/c1-2-3-4-5-6-7-8-9-10-11-12-13-15-19(27)18-26-20(21(28)29)16-14-17-25-22(23)24;/h19-20,26-27H,2-18H2,1H3,(H,28,29)(H4,23,24,25);1H/t19?,20-;/m0./s1. The number of aliphatic imine (C=N–C) groups is 1. The molecule has 0 aliphatic rings. The second kappa shape index (κ2) is 22.6. The molecule has 0 heterocycles. The van der Waals surface area contributed by atoms with E-state index in [2.05, 4.69) is 17.2 Å². The minimum Gasteiger partial charge on any atom is -0.480 e. The lowest BCUT2D eigenvalue weighted by molar-refractivity contribution is -0.139. The average molecular weight is 451 g/mol. The first-order valence-electron chi connectivity index (χ1n) is 11.7. The first-order valence-corrected chi connectivity index (χ1v) is 11.7. The topological polar surface area (TPSA) is 134 Å². The number of carbonyl (C=O) groups is 1. The van der Waals surface area contributed by atoms with E-state index in [0.29, 0.717) is 32.4 Å². The number of guanidine groups is 1. The summed E-state index contributed by atoms with van der Waals surface area (Å²) in [6.45, 7) is 2.97. The molecule has 0 aromatic heterocycles.